The molecule has 0 aliphatic heterocycles. The summed E-state index contributed by atoms with van der Waals surface area (Å²) in [7, 11) is 4.69. The Bertz CT molecular complexity index is 494. The van der Waals surface area contributed by atoms with Crippen molar-refractivity contribution in [2.75, 3.05) is 20.6 Å². The van der Waals surface area contributed by atoms with Crippen molar-refractivity contribution in [3.05, 3.63) is 29.8 Å². The molecule has 1 aromatic carbocycles. The van der Waals surface area contributed by atoms with E-state index in [9.17, 15) is 0 Å². The number of rotatable bonds is 20. The van der Waals surface area contributed by atoms with Crippen LogP contribution in [0.1, 0.15) is 128 Å². The summed E-state index contributed by atoms with van der Waals surface area (Å²) in [4.78, 5) is 0. The quantitative estimate of drug-likeness (QED) is 0.149. The highest BCUT2D eigenvalue weighted by atomic mass is 16.0. The fraction of sp³-hybridized carbons (Fsp3) is 0.793. The molecule has 182 valence electrons. The van der Waals surface area contributed by atoms with E-state index in [4.69, 9.17) is 0 Å². The van der Waals surface area contributed by atoms with Crippen LogP contribution in [-0.4, -0.2) is 26.1 Å². The number of hydrogen-bond donors (Lipinski definition) is 0. The van der Waals surface area contributed by atoms with Gasteiger partial charge in [-0.15, -0.1) is 0 Å². The Morgan fingerprint density at radius 2 is 0.839 bits per heavy atom. The van der Waals surface area contributed by atoms with Crippen molar-refractivity contribution in [3.8, 4) is 0 Å². The van der Waals surface area contributed by atoms with Gasteiger partial charge in [-0.3, -0.25) is 4.48 Å². The Kier molecular flexibility index (Phi) is 19.2. The van der Waals surface area contributed by atoms with Crippen molar-refractivity contribution in [1.29, 1.82) is 0 Å². The highest BCUT2D eigenvalue weighted by Gasteiger charge is 2.17. The number of quaternary nitrogens is 1. The Morgan fingerprint density at radius 3 is 1.19 bits per heavy atom. The molecule has 0 unspecified atom stereocenters. The van der Waals surface area contributed by atoms with Crippen molar-refractivity contribution < 1.29 is 5.48 Å². The number of hydrogen-bond acceptors (Lipinski definition) is 1. The minimum atomic E-state index is 0. The zero-order valence-electron chi connectivity index (χ0n) is 21.6. The fourth-order valence-corrected chi connectivity index (χ4v) is 4.49. The summed E-state index contributed by atoms with van der Waals surface area (Å²) in [6.45, 7) is 5.72. The standard InChI is InChI=1S/C29H54N.H2O/c1-5-6-7-8-9-10-11-12-13-14-15-16-17-18-19-20-21-22-27-30(3,4)29-25-23-28(2)24-26-29;/h23-26H,5-22,27H2,1-4H3;1H2/q+1;/p-1. The van der Waals surface area contributed by atoms with Crippen LogP contribution in [0.4, 0.5) is 5.69 Å². The first kappa shape index (κ1) is 30.1. The average Bonchev–Trinajstić information content (AvgIpc) is 2.73. The van der Waals surface area contributed by atoms with Gasteiger partial charge in [0.15, 0.2) is 0 Å². The first-order chi connectivity index (χ1) is 14.6. The van der Waals surface area contributed by atoms with Crippen molar-refractivity contribution >= 4 is 5.69 Å². The maximum Gasteiger partial charge on any atom is 0.132 e. The van der Waals surface area contributed by atoms with Gasteiger partial charge in [-0.25, -0.2) is 0 Å². The van der Waals surface area contributed by atoms with Gasteiger partial charge in [0.1, 0.15) is 5.69 Å². The van der Waals surface area contributed by atoms with Crippen LogP contribution in [-0.2, 0) is 0 Å². The monoisotopic (exact) mass is 433 g/mol. The summed E-state index contributed by atoms with van der Waals surface area (Å²) in [6.07, 6.45) is 26.0. The second-order valence-corrected chi connectivity index (χ2v) is 10.3. The van der Waals surface area contributed by atoms with Gasteiger partial charge in [-0.05, 0) is 31.9 Å². The van der Waals surface area contributed by atoms with E-state index in [0.717, 1.165) is 4.48 Å². The summed E-state index contributed by atoms with van der Waals surface area (Å²) in [6, 6.07) is 9.07. The summed E-state index contributed by atoms with van der Waals surface area (Å²) in [5.41, 5.74) is 2.79. The van der Waals surface area contributed by atoms with Gasteiger partial charge in [0, 0.05) is 0 Å². The molecule has 0 heterocycles. The van der Waals surface area contributed by atoms with Crippen molar-refractivity contribution in [2.24, 2.45) is 0 Å². The van der Waals surface area contributed by atoms with Crippen LogP contribution in [0.15, 0.2) is 24.3 Å². The van der Waals surface area contributed by atoms with Gasteiger partial charge in [0.25, 0.3) is 0 Å². The van der Waals surface area contributed by atoms with Crippen LogP contribution >= 0.6 is 0 Å². The first-order valence-corrected chi connectivity index (χ1v) is 13.5. The van der Waals surface area contributed by atoms with Crippen LogP contribution in [0, 0.1) is 6.92 Å². The highest BCUT2D eigenvalue weighted by Crippen LogP contribution is 2.21. The molecule has 2 nitrogen and oxygen atoms in total. The van der Waals surface area contributed by atoms with E-state index in [1.165, 1.54) is 133 Å². The molecule has 0 spiro atoms. The molecule has 31 heavy (non-hydrogen) atoms. The predicted octanol–water partition coefficient (Wildman–Crippen LogP) is 9.43. The highest BCUT2D eigenvalue weighted by molar-refractivity contribution is 5.43. The van der Waals surface area contributed by atoms with Crippen molar-refractivity contribution in [3.63, 3.8) is 0 Å². The van der Waals surface area contributed by atoms with E-state index >= 15 is 0 Å². The van der Waals surface area contributed by atoms with Crippen molar-refractivity contribution in [2.45, 2.75) is 129 Å². The lowest BCUT2D eigenvalue weighted by Crippen LogP contribution is -2.41. The maximum absolute atomic E-state index is 2.35. The van der Waals surface area contributed by atoms with Crippen LogP contribution in [0.2, 0.25) is 0 Å². The molecule has 1 rings (SSSR count). The molecule has 0 atom stereocenters. The molecule has 0 fully saturated rings. The molecule has 0 aliphatic rings. The van der Waals surface area contributed by atoms with E-state index in [0.29, 0.717) is 0 Å². The lowest BCUT2D eigenvalue weighted by molar-refractivity contribution is 0.380. The van der Waals surface area contributed by atoms with Gasteiger partial charge in [-0.2, -0.15) is 0 Å². The predicted molar refractivity (Wildman–Crippen MR) is 140 cm³/mol. The van der Waals surface area contributed by atoms with Crippen LogP contribution < -0.4 is 4.48 Å². The third-order valence-electron chi connectivity index (χ3n) is 6.80. The van der Waals surface area contributed by atoms with E-state index in [2.05, 4.69) is 52.2 Å². The number of unbranched alkanes of at least 4 members (excludes halogenated alkanes) is 17. The van der Waals surface area contributed by atoms with Crippen LogP contribution in [0.5, 0.6) is 0 Å². The van der Waals surface area contributed by atoms with E-state index in [1.54, 1.807) is 0 Å². The zero-order chi connectivity index (χ0) is 21.9. The Balaban J connectivity index is 0.00000900. The summed E-state index contributed by atoms with van der Waals surface area (Å²) >= 11 is 0. The molecule has 2 heteroatoms. The molecule has 0 radical (unpaired) electrons. The molecule has 0 bridgehead atoms. The maximum atomic E-state index is 2.35. The molecule has 0 saturated heterocycles. The van der Waals surface area contributed by atoms with Gasteiger partial charge >= 0.3 is 0 Å². The average molecular weight is 434 g/mol. The van der Waals surface area contributed by atoms with Gasteiger partial charge in [0.05, 0.1) is 20.6 Å². The summed E-state index contributed by atoms with van der Waals surface area (Å²) in [5.74, 6) is 0. The third kappa shape index (κ3) is 16.4. The lowest BCUT2D eigenvalue weighted by Gasteiger charge is -2.29. The summed E-state index contributed by atoms with van der Waals surface area (Å²) in [5, 5.41) is 0. The number of aryl methyl sites for hydroxylation is 1. The van der Waals surface area contributed by atoms with Gasteiger partial charge in [0.2, 0.25) is 0 Å². The van der Waals surface area contributed by atoms with Gasteiger partial charge in [-0.1, -0.05) is 127 Å². The minimum absolute atomic E-state index is 0. The third-order valence-corrected chi connectivity index (χ3v) is 6.80. The molecular formula is C29H55NO. The second-order valence-electron chi connectivity index (χ2n) is 10.3. The molecule has 0 saturated carbocycles. The molecule has 0 amide bonds. The number of benzene rings is 1. The smallest absolute Gasteiger partial charge is 0.132 e. The first-order valence-electron chi connectivity index (χ1n) is 13.5. The molecule has 1 aromatic rings. The van der Waals surface area contributed by atoms with Crippen LogP contribution in [0.3, 0.4) is 0 Å². The topological polar surface area (TPSA) is 30.0 Å². The SMILES string of the molecule is CCCCCCCCCCCCCCCCCCCC[N+](C)(C)c1ccc(C)cc1.[OH-]. The van der Waals surface area contributed by atoms with E-state index in [-0.39, 0.29) is 5.48 Å². The van der Waals surface area contributed by atoms with Gasteiger partial charge < -0.3 is 5.48 Å². The molecule has 1 N–H and O–H groups in total. The fourth-order valence-electron chi connectivity index (χ4n) is 4.49. The second kappa shape index (κ2) is 19.8. The van der Waals surface area contributed by atoms with E-state index in [1.807, 2.05) is 0 Å². The largest absolute Gasteiger partial charge is 0.870 e. The minimum Gasteiger partial charge on any atom is -0.870 e. The number of nitrogens with zero attached hydrogens (tertiary/aromatic N) is 1. The van der Waals surface area contributed by atoms with Crippen molar-refractivity contribution in [1.82, 2.24) is 4.48 Å². The van der Waals surface area contributed by atoms with Crippen LogP contribution in [0.25, 0.3) is 0 Å². The molecule has 0 aromatic heterocycles. The van der Waals surface area contributed by atoms with E-state index < -0.39 is 0 Å². The molecular weight excluding hydrogens is 378 g/mol. The Hall–Kier alpha value is -0.860. The Morgan fingerprint density at radius 1 is 0.516 bits per heavy atom. The normalized spacial score (nSPS) is 11.5. The lowest BCUT2D eigenvalue weighted by atomic mass is 10.0. The summed E-state index contributed by atoms with van der Waals surface area (Å²) < 4.78 is 1.01. The Labute approximate surface area is 195 Å². The molecule has 0 aliphatic carbocycles. The zero-order valence-corrected chi connectivity index (χ0v) is 21.6.